The fourth-order valence-corrected chi connectivity index (χ4v) is 2.56. The molecule has 82 valence electrons. The van der Waals surface area contributed by atoms with Gasteiger partial charge in [-0.25, -0.2) is 4.98 Å². The van der Waals surface area contributed by atoms with E-state index in [0.717, 1.165) is 36.0 Å². The highest BCUT2D eigenvalue weighted by Crippen LogP contribution is 2.23. The normalized spacial score (nSPS) is 14.2. The molecule has 2 N–H and O–H groups in total. The summed E-state index contributed by atoms with van der Waals surface area (Å²) in [5.74, 6) is 0.821. The summed E-state index contributed by atoms with van der Waals surface area (Å²) in [6.45, 7) is 1.83. The molecule has 2 aromatic rings. The van der Waals surface area contributed by atoms with E-state index in [1.165, 1.54) is 0 Å². The van der Waals surface area contributed by atoms with Crippen molar-refractivity contribution in [3.8, 4) is 10.6 Å². The van der Waals surface area contributed by atoms with Gasteiger partial charge >= 0.3 is 0 Å². The minimum absolute atomic E-state index is 0.528. The number of hydrogen-bond donors (Lipinski definition) is 2. The van der Waals surface area contributed by atoms with Gasteiger partial charge in [0, 0.05) is 19.2 Å². The Labute approximate surface area is 97.1 Å². The summed E-state index contributed by atoms with van der Waals surface area (Å²) in [4.78, 5) is 5.67. The van der Waals surface area contributed by atoms with Crippen LogP contribution in [0.3, 0.4) is 0 Å². The lowest BCUT2D eigenvalue weighted by molar-refractivity contribution is 0.584. The average Bonchev–Trinajstić information content (AvgIpc) is 2.82. The maximum atomic E-state index is 7.98. The van der Waals surface area contributed by atoms with Crippen LogP contribution in [0.15, 0.2) is 23.6 Å². The first-order valence-corrected chi connectivity index (χ1v) is 6.17. The second kappa shape index (κ2) is 3.75. The first-order chi connectivity index (χ1) is 7.84. The molecule has 0 amide bonds. The molecule has 3 heterocycles. The van der Waals surface area contributed by atoms with Crippen molar-refractivity contribution in [3.63, 3.8) is 0 Å². The van der Waals surface area contributed by atoms with Crippen molar-refractivity contribution < 1.29 is 0 Å². The van der Waals surface area contributed by atoms with Gasteiger partial charge in [0.1, 0.15) is 5.49 Å². The number of rotatable bonds is 1. The number of nitrogens with zero attached hydrogens (tertiary/aromatic N) is 2. The van der Waals surface area contributed by atoms with Gasteiger partial charge < -0.3 is 5.32 Å². The largest absolute Gasteiger partial charge is 0.356 e. The minimum Gasteiger partial charge on any atom is -0.356 e. The molecule has 0 bridgehead atoms. The summed E-state index contributed by atoms with van der Waals surface area (Å²) in [6.07, 6.45) is 1.06. The molecule has 2 aromatic heterocycles. The molecule has 0 radical (unpaired) electrons. The number of anilines is 1. The molecule has 0 saturated heterocycles. The zero-order chi connectivity index (χ0) is 11.0. The predicted molar refractivity (Wildman–Crippen MR) is 64.5 cm³/mol. The van der Waals surface area contributed by atoms with Crippen LogP contribution < -0.4 is 10.8 Å². The summed E-state index contributed by atoms with van der Waals surface area (Å²) in [6, 6.07) is 5.87. The summed E-state index contributed by atoms with van der Waals surface area (Å²) < 4.78 is 1.92. The van der Waals surface area contributed by atoms with Gasteiger partial charge in [-0.2, -0.15) is 0 Å². The Morgan fingerprint density at radius 1 is 1.50 bits per heavy atom. The van der Waals surface area contributed by atoms with Gasteiger partial charge in [0.2, 0.25) is 5.95 Å². The average molecular weight is 232 g/mol. The highest BCUT2D eigenvalue weighted by Gasteiger charge is 2.11. The van der Waals surface area contributed by atoms with Crippen LogP contribution in [0.2, 0.25) is 0 Å². The number of aromatic nitrogens is 2. The molecule has 16 heavy (non-hydrogen) atoms. The van der Waals surface area contributed by atoms with Crippen molar-refractivity contribution in [3.05, 3.63) is 29.1 Å². The number of fused-ring (bicyclic) bond motifs is 1. The van der Waals surface area contributed by atoms with E-state index in [2.05, 4.69) is 10.3 Å². The molecular weight excluding hydrogens is 220 g/mol. The Balaban J connectivity index is 2.16. The zero-order valence-corrected chi connectivity index (χ0v) is 9.55. The van der Waals surface area contributed by atoms with Gasteiger partial charge in [0.15, 0.2) is 0 Å². The fourth-order valence-electron chi connectivity index (χ4n) is 1.88. The van der Waals surface area contributed by atoms with Gasteiger partial charge in [0.25, 0.3) is 0 Å². The van der Waals surface area contributed by atoms with Gasteiger partial charge in [-0.05, 0) is 17.9 Å². The number of nitrogens with one attached hydrogen (secondary N) is 2. The molecule has 3 rings (SSSR count). The summed E-state index contributed by atoms with van der Waals surface area (Å²) >= 11 is 1.65. The Morgan fingerprint density at radius 2 is 2.44 bits per heavy atom. The van der Waals surface area contributed by atoms with E-state index in [9.17, 15) is 0 Å². The van der Waals surface area contributed by atoms with Gasteiger partial charge in [-0.3, -0.25) is 9.98 Å². The van der Waals surface area contributed by atoms with Crippen molar-refractivity contribution in [1.29, 1.82) is 5.41 Å². The van der Waals surface area contributed by atoms with Gasteiger partial charge in [-0.15, -0.1) is 11.3 Å². The van der Waals surface area contributed by atoms with Crippen LogP contribution >= 0.6 is 11.3 Å². The SMILES string of the molecule is N=c1cc(-c2cccs2)nc2n1CCCN2. The van der Waals surface area contributed by atoms with E-state index in [4.69, 9.17) is 5.41 Å². The molecule has 5 heteroatoms. The molecule has 1 aliphatic heterocycles. The zero-order valence-electron chi connectivity index (χ0n) is 8.73. The summed E-state index contributed by atoms with van der Waals surface area (Å²) in [5, 5.41) is 13.3. The second-order valence-electron chi connectivity index (χ2n) is 3.76. The Kier molecular flexibility index (Phi) is 2.25. The molecule has 0 spiro atoms. The van der Waals surface area contributed by atoms with Crippen LogP contribution in [0.4, 0.5) is 5.95 Å². The van der Waals surface area contributed by atoms with Gasteiger partial charge in [-0.1, -0.05) is 6.07 Å². The number of thiophene rings is 1. The Bertz CT molecular complexity index is 556. The molecule has 0 atom stereocenters. The second-order valence-corrected chi connectivity index (χ2v) is 4.71. The molecule has 0 fully saturated rings. The van der Waals surface area contributed by atoms with Crippen molar-refractivity contribution in [2.45, 2.75) is 13.0 Å². The van der Waals surface area contributed by atoms with E-state index < -0.39 is 0 Å². The first kappa shape index (κ1) is 9.59. The Hall–Kier alpha value is -1.62. The summed E-state index contributed by atoms with van der Waals surface area (Å²) in [7, 11) is 0. The molecule has 4 nitrogen and oxygen atoms in total. The molecule has 0 saturated carbocycles. The molecule has 1 aliphatic rings. The maximum absolute atomic E-state index is 7.98. The molecule has 0 unspecified atom stereocenters. The van der Waals surface area contributed by atoms with Crippen LogP contribution in [0.25, 0.3) is 10.6 Å². The van der Waals surface area contributed by atoms with Gasteiger partial charge in [0.05, 0.1) is 10.6 Å². The summed E-state index contributed by atoms with van der Waals surface area (Å²) in [5.41, 5.74) is 1.42. The highest BCUT2D eigenvalue weighted by molar-refractivity contribution is 7.13. The van der Waals surface area contributed by atoms with Crippen molar-refractivity contribution in [2.24, 2.45) is 0 Å². The fraction of sp³-hybridized carbons (Fsp3) is 0.273. The van der Waals surface area contributed by atoms with E-state index >= 15 is 0 Å². The monoisotopic (exact) mass is 232 g/mol. The number of hydrogen-bond acceptors (Lipinski definition) is 4. The van der Waals surface area contributed by atoms with Crippen LogP contribution in [-0.2, 0) is 6.54 Å². The lowest BCUT2D eigenvalue weighted by atomic mass is 10.3. The third-order valence-electron chi connectivity index (χ3n) is 2.66. The van der Waals surface area contributed by atoms with Crippen molar-refractivity contribution >= 4 is 17.3 Å². The standard InChI is InChI=1S/C11H12N4S/c12-10-7-8(9-3-1-6-16-9)14-11-13-4-2-5-15(10)11/h1,3,6-7,12H,2,4-5H2,(H,13,14). The topological polar surface area (TPSA) is 53.7 Å². The molecule has 0 aliphatic carbocycles. The quantitative estimate of drug-likeness (QED) is 0.789. The van der Waals surface area contributed by atoms with E-state index in [-0.39, 0.29) is 0 Å². The van der Waals surface area contributed by atoms with E-state index in [1.807, 2.05) is 28.1 Å². The van der Waals surface area contributed by atoms with Crippen molar-refractivity contribution in [2.75, 3.05) is 11.9 Å². The van der Waals surface area contributed by atoms with Crippen molar-refractivity contribution in [1.82, 2.24) is 9.55 Å². The molecular formula is C11H12N4S. The third-order valence-corrected chi connectivity index (χ3v) is 3.55. The predicted octanol–water partition coefficient (Wildman–Crippen LogP) is 1.91. The maximum Gasteiger partial charge on any atom is 0.204 e. The smallest absolute Gasteiger partial charge is 0.204 e. The highest BCUT2D eigenvalue weighted by atomic mass is 32.1. The van der Waals surface area contributed by atoms with Crippen LogP contribution in [0.1, 0.15) is 6.42 Å². The first-order valence-electron chi connectivity index (χ1n) is 5.29. The lowest BCUT2D eigenvalue weighted by Gasteiger charge is -2.20. The third kappa shape index (κ3) is 1.53. The van der Waals surface area contributed by atoms with E-state index in [0.29, 0.717) is 5.49 Å². The molecule has 0 aromatic carbocycles. The van der Waals surface area contributed by atoms with E-state index in [1.54, 1.807) is 11.3 Å². The minimum atomic E-state index is 0.528. The van der Waals surface area contributed by atoms with Crippen LogP contribution in [0.5, 0.6) is 0 Å². The Morgan fingerprint density at radius 3 is 3.25 bits per heavy atom. The lowest BCUT2D eigenvalue weighted by Crippen LogP contribution is -2.29. The van der Waals surface area contributed by atoms with Crippen LogP contribution in [0, 0.1) is 5.41 Å². The van der Waals surface area contributed by atoms with Crippen LogP contribution in [-0.4, -0.2) is 16.1 Å².